The van der Waals surface area contributed by atoms with Gasteiger partial charge in [0.05, 0.1) is 24.1 Å². The Bertz CT molecular complexity index is 1230. The third-order valence-corrected chi connectivity index (χ3v) is 7.17. The van der Waals surface area contributed by atoms with Crippen LogP contribution in [-0.2, 0) is 16.9 Å². The molecule has 0 saturated heterocycles. The van der Waals surface area contributed by atoms with Gasteiger partial charge in [-0.2, -0.15) is 0 Å². The van der Waals surface area contributed by atoms with Crippen molar-refractivity contribution in [2.75, 3.05) is 5.75 Å². The Morgan fingerprint density at radius 2 is 1.79 bits per heavy atom. The Balaban J connectivity index is 1.33. The fourth-order valence-corrected chi connectivity index (χ4v) is 5.30. The number of hydrogen-bond acceptors (Lipinski definition) is 5. The maximum atomic E-state index is 13.5. The first-order valence-corrected chi connectivity index (χ1v) is 12.3. The molecule has 5 rings (SSSR count). The number of nitrogens with zero attached hydrogens (tertiary/aromatic N) is 3. The van der Waals surface area contributed by atoms with Crippen molar-refractivity contribution in [1.29, 1.82) is 0 Å². The first-order valence-electron chi connectivity index (χ1n) is 11.3. The average Bonchev–Trinajstić information content (AvgIpc) is 3.61. The highest BCUT2D eigenvalue weighted by Crippen LogP contribution is 2.39. The van der Waals surface area contributed by atoms with Crippen LogP contribution in [0.25, 0.3) is 11.6 Å². The summed E-state index contributed by atoms with van der Waals surface area (Å²) in [5.41, 5.74) is 1.61. The molecule has 174 valence electrons. The fourth-order valence-electron chi connectivity index (χ4n) is 4.56. The van der Waals surface area contributed by atoms with Crippen LogP contribution in [0.5, 0.6) is 0 Å². The van der Waals surface area contributed by atoms with Crippen molar-refractivity contribution in [1.82, 2.24) is 20.1 Å². The van der Waals surface area contributed by atoms with E-state index in [1.807, 2.05) is 47.0 Å². The molecule has 1 fully saturated rings. The number of nitrogens with one attached hydrogen (secondary N) is 1. The molecule has 0 bridgehead atoms. The molecule has 1 aliphatic carbocycles. The standard InChI is InChI=1S/C26H25FN4O2S/c27-21-12-10-20(11-13-21)26(14-4-5-15-26)28-23(32)18-34-25-30-29-24(22-9-6-16-33-22)31(25)17-19-7-2-1-3-8-19/h1-3,6-13,16H,4-5,14-15,17-18H2,(H,28,32). The molecule has 1 saturated carbocycles. The maximum Gasteiger partial charge on any atom is 0.231 e. The number of carbonyl (C=O) groups is 1. The van der Waals surface area contributed by atoms with E-state index in [1.54, 1.807) is 18.4 Å². The van der Waals surface area contributed by atoms with E-state index >= 15 is 0 Å². The zero-order valence-electron chi connectivity index (χ0n) is 18.6. The topological polar surface area (TPSA) is 73.0 Å². The largest absolute Gasteiger partial charge is 0.461 e. The second-order valence-electron chi connectivity index (χ2n) is 8.49. The summed E-state index contributed by atoms with van der Waals surface area (Å²) in [6, 6.07) is 20.2. The van der Waals surface area contributed by atoms with Gasteiger partial charge in [0.25, 0.3) is 0 Å². The highest BCUT2D eigenvalue weighted by atomic mass is 32.2. The van der Waals surface area contributed by atoms with Gasteiger partial charge in [-0.05, 0) is 48.2 Å². The van der Waals surface area contributed by atoms with Gasteiger partial charge in [0.15, 0.2) is 10.9 Å². The molecule has 0 unspecified atom stereocenters. The fraction of sp³-hybridized carbons (Fsp3) is 0.269. The van der Waals surface area contributed by atoms with E-state index in [2.05, 4.69) is 15.5 Å². The van der Waals surface area contributed by atoms with Crippen LogP contribution in [-0.4, -0.2) is 26.4 Å². The molecule has 2 aromatic carbocycles. The second-order valence-corrected chi connectivity index (χ2v) is 9.43. The molecule has 34 heavy (non-hydrogen) atoms. The van der Waals surface area contributed by atoms with E-state index in [9.17, 15) is 9.18 Å². The molecule has 1 N–H and O–H groups in total. The van der Waals surface area contributed by atoms with Crippen LogP contribution >= 0.6 is 11.8 Å². The molecule has 0 radical (unpaired) electrons. The monoisotopic (exact) mass is 476 g/mol. The van der Waals surface area contributed by atoms with E-state index in [0.29, 0.717) is 23.3 Å². The Hall–Kier alpha value is -3.39. The van der Waals surface area contributed by atoms with Gasteiger partial charge in [0, 0.05) is 0 Å². The molecular formula is C26H25FN4O2S. The summed E-state index contributed by atoms with van der Waals surface area (Å²) < 4.78 is 21.0. The van der Waals surface area contributed by atoms with Gasteiger partial charge in [-0.25, -0.2) is 4.39 Å². The molecule has 1 aliphatic rings. The van der Waals surface area contributed by atoms with E-state index in [-0.39, 0.29) is 17.5 Å². The number of rotatable bonds is 8. The molecule has 2 heterocycles. The normalized spacial score (nSPS) is 14.9. The van der Waals surface area contributed by atoms with Crippen LogP contribution in [0.3, 0.4) is 0 Å². The minimum atomic E-state index is -0.442. The first kappa shape index (κ1) is 22.4. The van der Waals surface area contributed by atoms with Crippen LogP contribution in [0.15, 0.2) is 82.6 Å². The van der Waals surface area contributed by atoms with Crippen LogP contribution in [0, 0.1) is 5.82 Å². The van der Waals surface area contributed by atoms with Gasteiger partial charge in [-0.3, -0.25) is 9.36 Å². The van der Waals surface area contributed by atoms with Gasteiger partial charge in [0.1, 0.15) is 5.82 Å². The van der Waals surface area contributed by atoms with Crippen molar-refractivity contribution < 1.29 is 13.6 Å². The lowest BCUT2D eigenvalue weighted by molar-refractivity contribution is -0.120. The molecule has 4 aromatic rings. The Morgan fingerprint density at radius 1 is 1.03 bits per heavy atom. The van der Waals surface area contributed by atoms with Crippen molar-refractivity contribution in [3.63, 3.8) is 0 Å². The number of amides is 1. The van der Waals surface area contributed by atoms with Crippen LogP contribution in [0.2, 0.25) is 0 Å². The molecule has 6 nitrogen and oxygen atoms in total. The number of carbonyl (C=O) groups excluding carboxylic acids is 1. The second kappa shape index (κ2) is 9.85. The average molecular weight is 477 g/mol. The number of aromatic nitrogens is 3. The summed E-state index contributed by atoms with van der Waals surface area (Å²) in [6.07, 6.45) is 5.36. The van der Waals surface area contributed by atoms with Gasteiger partial charge < -0.3 is 9.73 Å². The Kier molecular flexibility index (Phi) is 6.49. The van der Waals surface area contributed by atoms with Gasteiger partial charge in [0.2, 0.25) is 11.7 Å². The number of furan rings is 1. The van der Waals surface area contributed by atoms with Crippen molar-refractivity contribution in [2.24, 2.45) is 0 Å². The minimum Gasteiger partial charge on any atom is -0.461 e. The van der Waals surface area contributed by atoms with Gasteiger partial charge in [-0.1, -0.05) is 67.1 Å². The number of benzene rings is 2. The maximum absolute atomic E-state index is 13.5. The predicted octanol–water partition coefficient (Wildman–Crippen LogP) is 5.40. The summed E-state index contributed by atoms with van der Waals surface area (Å²) in [4.78, 5) is 13.0. The van der Waals surface area contributed by atoms with Crippen LogP contribution in [0.4, 0.5) is 4.39 Å². The summed E-state index contributed by atoms with van der Waals surface area (Å²) in [5, 5.41) is 12.6. The van der Waals surface area contributed by atoms with Gasteiger partial charge >= 0.3 is 0 Å². The lowest BCUT2D eigenvalue weighted by atomic mass is 9.88. The van der Waals surface area contributed by atoms with E-state index in [0.717, 1.165) is 36.8 Å². The van der Waals surface area contributed by atoms with E-state index in [4.69, 9.17) is 4.42 Å². The van der Waals surface area contributed by atoms with Crippen LogP contribution in [0.1, 0.15) is 36.8 Å². The third kappa shape index (κ3) is 4.77. The minimum absolute atomic E-state index is 0.0787. The molecule has 2 aromatic heterocycles. The summed E-state index contributed by atoms with van der Waals surface area (Å²) in [5.74, 6) is 1.10. The third-order valence-electron chi connectivity index (χ3n) is 6.21. The van der Waals surface area contributed by atoms with Crippen molar-refractivity contribution >= 4 is 17.7 Å². The number of hydrogen-bond donors (Lipinski definition) is 1. The number of thioether (sulfide) groups is 1. The summed E-state index contributed by atoms with van der Waals surface area (Å²) >= 11 is 1.35. The molecule has 0 spiro atoms. The number of halogens is 1. The van der Waals surface area contributed by atoms with Crippen molar-refractivity contribution in [3.8, 4) is 11.6 Å². The predicted molar refractivity (Wildman–Crippen MR) is 129 cm³/mol. The van der Waals surface area contributed by atoms with Crippen molar-refractivity contribution in [3.05, 3.63) is 89.9 Å². The SMILES string of the molecule is O=C(CSc1nnc(-c2ccco2)n1Cc1ccccc1)NC1(c2ccc(F)cc2)CCCC1. The lowest BCUT2D eigenvalue weighted by Crippen LogP contribution is -2.44. The smallest absolute Gasteiger partial charge is 0.231 e. The van der Waals surface area contributed by atoms with E-state index in [1.165, 1.54) is 23.9 Å². The lowest BCUT2D eigenvalue weighted by Gasteiger charge is -2.31. The summed E-state index contributed by atoms with van der Waals surface area (Å²) in [7, 11) is 0. The molecule has 8 heteroatoms. The molecular weight excluding hydrogens is 451 g/mol. The highest BCUT2D eigenvalue weighted by Gasteiger charge is 2.37. The zero-order chi connectivity index (χ0) is 23.4. The molecule has 0 atom stereocenters. The van der Waals surface area contributed by atoms with Gasteiger partial charge in [-0.15, -0.1) is 10.2 Å². The molecule has 1 amide bonds. The Morgan fingerprint density at radius 3 is 2.50 bits per heavy atom. The Labute approximate surface area is 201 Å². The molecule has 0 aliphatic heterocycles. The quantitative estimate of drug-likeness (QED) is 0.345. The van der Waals surface area contributed by atoms with Crippen molar-refractivity contribution in [2.45, 2.75) is 42.9 Å². The first-order chi connectivity index (χ1) is 16.6. The van der Waals surface area contributed by atoms with E-state index < -0.39 is 5.54 Å². The zero-order valence-corrected chi connectivity index (χ0v) is 19.4. The van der Waals surface area contributed by atoms with Crippen LogP contribution < -0.4 is 5.32 Å². The summed E-state index contributed by atoms with van der Waals surface area (Å²) in [6.45, 7) is 0.563. The highest BCUT2D eigenvalue weighted by molar-refractivity contribution is 7.99.